The first kappa shape index (κ1) is 16.9. The number of halogens is 4. The molecule has 1 unspecified atom stereocenters. The quantitative estimate of drug-likeness (QED) is 0.870. The van der Waals surface area contributed by atoms with E-state index in [1.807, 2.05) is 0 Å². The largest absolute Gasteiger partial charge is 0.480 e. The van der Waals surface area contributed by atoms with Crippen molar-refractivity contribution in [2.75, 3.05) is 7.05 Å². The van der Waals surface area contributed by atoms with Crippen LogP contribution in [0, 0.1) is 5.82 Å². The first-order chi connectivity index (χ1) is 9.61. The molecule has 1 rings (SSSR count). The third kappa shape index (κ3) is 3.50. The summed E-state index contributed by atoms with van der Waals surface area (Å²) >= 11 is 0. The van der Waals surface area contributed by atoms with Crippen LogP contribution in [0.15, 0.2) is 18.2 Å². The molecule has 0 aliphatic rings. The lowest BCUT2D eigenvalue weighted by molar-refractivity contribution is -0.142. The van der Waals surface area contributed by atoms with E-state index in [0.29, 0.717) is 11.0 Å². The van der Waals surface area contributed by atoms with Crippen LogP contribution in [0.4, 0.5) is 17.6 Å². The number of hydrogen-bond acceptors (Lipinski definition) is 2. The molecule has 0 aliphatic heterocycles. The van der Waals surface area contributed by atoms with Gasteiger partial charge in [-0.3, -0.25) is 4.79 Å². The van der Waals surface area contributed by atoms with E-state index in [2.05, 4.69) is 0 Å². The first-order valence-corrected chi connectivity index (χ1v) is 5.96. The molecule has 0 radical (unpaired) electrons. The summed E-state index contributed by atoms with van der Waals surface area (Å²) in [7, 11) is 1.10. The zero-order chi connectivity index (χ0) is 16.4. The van der Waals surface area contributed by atoms with Crippen LogP contribution < -0.4 is 0 Å². The topological polar surface area (TPSA) is 57.6 Å². The maximum Gasteiger partial charge on any atom is 0.419 e. The lowest BCUT2D eigenvalue weighted by Gasteiger charge is -2.24. The van der Waals surface area contributed by atoms with Crippen molar-refractivity contribution in [2.24, 2.45) is 0 Å². The number of hydrogen-bond donors (Lipinski definition) is 1. The van der Waals surface area contributed by atoms with Crippen molar-refractivity contribution < 1.29 is 32.3 Å². The van der Waals surface area contributed by atoms with Crippen LogP contribution in [-0.2, 0) is 11.0 Å². The molecule has 0 spiro atoms. The SMILES string of the molecule is CCC(C(=O)O)N(C)C(=O)c1cccc(C(F)(F)F)c1F. The number of carboxylic acids is 1. The number of alkyl halides is 3. The summed E-state index contributed by atoms with van der Waals surface area (Å²) in [5, 5.41) is 8.92. The molecule has 1 N–H and O–H groups in total. The minimum Gasteiger partial charge on any atom is -0.480 e. The Morgan fingerprint density at radius 1 is 1.33 bits per heavy atom. The molecule has 1 aromatic carbocycles. The van der Waals surface area contributed by atoms with Crippen LogP contribution in [0.2, 0.25) is 0 Å². The van der Waals surface area contributed by atoms with Gasteiger partial charge in [0.1, 0.15) is 11.9 Å². The highest BCUT2D eigenvalue weighted by molar-refractivity contribution is 5.96. The van der Waals surface area contributed by atoms with Gasteiger partial charge in [-0.1, -0.05) is 13.0 Å². The summed E-state index contributed by atoms with van der Waals surface area (Å²) in [6, 6.07) is 1.05. The summed E-state index contributed by atoms with van der Waals surface area (Å²) in [6.07, 6.45) is -4.89. The van der Waals surface area contributed by atoms with E-state index in [0.717, 1.165) is 19.2 Å². The Morgan fingerprint density at radius 3 is 2.33 bits per heavy atom. The molecule has 0 heterocycles. The molecule has 0 bridgehead atoms. The van der Waals surface area contributed by atoms with E-state index < -0.39 is 41.0 Å². The predicted octanol–water partition coefficient (Wildman–Crippen LogP) is 2.78. The van der Waals surface area contributed by atoms with Gasteiger partial charge in [0, 0.05) is 7.05 Å². The van der Waals surface area contributed by atoms with Gasteiger partial charge in [-0.05, 0) is 18.6 Å². The fourth-order valence-corrected chi connectivity index (χ4v) is 1.86. The first-order valence-electron chi connectivity index (χ1n) is 5.96. The highest BCUT2D eigenvalue weighted by Crippen LogP contribution is 2.32. The van der Waals surface area contributed by atoms with E-state index in [-0.39, 0.29) is 6.42 Å². The van der Waals surface area contributed by atoms with Crippen LogP contribution in [0.3, 0.4) is 0 Å². The summed E-state index contributed by atoms with van der Waals surface area (Å²) in [5.41, 5.74) is -2.38. The Balaban J connectivity index is 3.23. The van der Waals surface area contributed by atoms with Crippen molar-refractivity contribution in [3.05, 3.63) is 35.1 Å². The van der Waals surface area contributed by atoms with Gasteiger partial charge in [-0.25, -0.2) is 9.18 Å². The number of carbonyl (C=O) groups excluding carboxylic acids is 1. The molecule has 21 heavy (non-hydrogen) atoms. The molecule has 0 fully saturated rings. The van der Waals surface area contributed by atoms with Gasteiger partial charge in [-0.2, -0.15) is 13.2 Å². The Labute approximate surface area is 118 Å². The lowest BCUT2D eigenvalue weighted by atomic mass is 10.1. The van der Waals surface area contributed by atoms with Crippen molar-refractivity contribution >= 4 is 11.9 Å². The normalized spacial score (nSPS) is 12.9. The number of likely N-dealkylation sites (N-methyl/N-ethyl adjacent to an activating group) is 1. The van der Waals surface area contributed by atoms with Crippen molar-refractivity contribution in [1.29, 1.82) is 0 Å². The number of benzene rings is 1. The van der Waals surface area contributed by atoms with E-state index in [4.69, 9.17) is 5.11 Å². The molecule has 0 aromatic heterocycles. The number of amides is 1. The summed E-state index contributed by atoms with van der Waals surface area (Å²) in [5.74, 6) is -4.14. The van der Waals surface area contributed by atoms with E-state index in [1.165, 1.54) is 6.92 Å². The van der Waals surface area contributed by atoms with Crippen LogP contribution in [-0.4, -0.2) is 35.0 Å². The second-order valence-corrected chi connectivity index (χ2v) is 4.34. The minimum atomic E-state index is -4.93. The predicted molar refractivity (Wildman–Crippen MR) is 65.2 cm³/mol. The second kappa shape index (κ2) is 6.11. The zero-order valence-corrected chi connectivity index (χ0v) is 11.2. The Bertz CT molecular complexity index is 557. The fourth-order valence-electron chi connectivity index (χ4n) is 1.86. The molecular formula is C13H13F4NO3. The molecule has 4 nitrogen and oxygen atoms in total. The van der Waals surface area contributed by atoms with Crippen LogP contribution in [0.25, 0.3) is 0 Å². The average Bonchev–Trinajstić information content (AvgIpc) is 2.37. The molecule has 1 aromatic rings. The van der Waals surface area contributed by atoms with Gasteiger partial charge in [0.2, 0.25) is 0 Å². The highest BCUT2D eigenvalue weighted by Gasteiger charge is 2.36. The molecule has 0 saturated carbocycles. The number of carboxylic acid groups (broad SMARTS) is 1. The Morgan fingerprint density at radius 2 is 1.90 bits per heavy atom. The lowest BCUT2D eigenvalue weighted by Crippen LogP contribution is -2.42. The smallest absolute Gasteiger partial charge is 0.419 e. The van der Waals surface area contributed by atoms with Crippen LogP contribution in [0.5, 0.6) is 0 Å². The maximum atomic E-state index is 13.8. The molecule has 116 valence electrons. The van der Waals surface area contributed by atoms with Gasteiger partial charge < -0.3 is 10.0 Å². The number of rotatable bonds is 4. The van der Waals surface area contributed by atoms with Crippen molar-refractivity contribution in [1.82, 2.24) is 4.90 Å². The number of nitrogens with zero attached hydrogens (tertiary/aromatic N) is 1. The zero-order valence-electron chi connectivity index (χ0n) is 11.2. The van der Waals surface area contributed by atoms with Gasteiger partial charge in [-0.15, -0.1) is 0 Å². The van der Waals surface area contributed by atoms with Crippen LogP contribution >= 0.6 is 0 Å². The van der Waals surface area contributed by atoms with Gasteiger partial charge >= 0.3 is 12.1 Å². The Kier molecular flexibility index (Phi) is 4.93. The van der Waals surface area contributed by atoms with E-state index >= 15 is 0 Å². The van der Waals surface area contributed by atoms with Gasteiger partial charge in [0.05, 0.1) is 11.1 Å². The number of carbonyl (C=O) groups is 2. The minimum absolute atomic E-state index is 0.0398. The maximum absolute atomic E-state index is 13.8. The monoisotopic (exact) mass is 307 g/mol. The molecule has 1 atom stereocenters. The summed E-state index contributed by atoms with van der Waals surface area (Å²) in [6.45, 7) is 1.49. The molecule has 8 heteroatoms. The third-order valence-corrected chi connectivity index (χ3v) is 2.99. The fraction of sp³-hybridized carbons (Fsp3) is 0.385. The third-order valence-electron chi connectivity index (χ3n) is 2.99. The van der Waals surface area contributed by atoms with Crippen molar-refractivity contribution in [2.45, 2.75) is 25.6 Å². The van der Waals surface area contributed by atoms with Crippen molar-refractivity contribution in [3.8, 4) is 0 Å². The second-order valence-electron chi connectivity index (χ2n) is 4.34. The molecule has 1 amide bonds. The molecule has 0 saturated heterocycles. The highest BCUT2D eigenvalue weighted by atomic mass is 19.4. The molecular weight excluding hydrogens is 294 g/mol. The molecule has 0 aliphatic carbocycles. The van der Waals surface area contributed by atoms with E-state index in [1.54, 1.807) is 0 Å². The van der Waals surface area contributed by atoms with Crippen LogP contribution in [0.1, 0.15) is 29.3 Å². The number of aliphatic carboxylic acids is 1. The standard InChI is InChI=1S/C13H13F4NO3/c1-3-9(12(20)21)18(2)11(19)7-5-4-6-8(10(7)14)13(15,16)17/h4-6,9H,3H2,1-2H3,(H,20,21). The summed E-state index contributed by atoms with van der Waals surface area (Å²) < 4.78 is 51.6. The van der Waals surface area contributed by atoms with Gasteiger partial charge in [0.15, 0.2) is 0 Å². The summed E-state index contributed by atoms with van der Waals surface area (Å²) in [4.78, 5) is 23.7. The average molecular weight is 307 g/mol. The van der Waals surface area contributed by atoms with Gasteiger partial charge in [0.25, 0.3) is 5.91 Å². The van der Waals surface area contributed by atoms with Crippen molar-refractivity contribution in [3.63, 3.8) is 0 Å². The Hall–Kier alpha value is -2.12. The van der Waals surface area contributed by atoms with E-state index in [9.17, 15) is 27.2 Å².